The largest absolute Gasteiger partial charge is 0.493 e. The highest BCUT2D eigenvalue weighted by Gasteiger charge is 2.29. The van der Waals surface area contributed by atoms with Crippen LogP contribution < -0.4 is 9.47 Å². The third-order valence-electron chi connectivity index (χ3n) is 3.28. The van der Waals surface area contributed by atoms with E-state index in [0.29, 0.717) is 12.5 Å². The molecule has 1 heterocycles. The molecule has 17 heavy (non-hydrogen) atoms. The van der Waals surface area contributed by atoms with Crippen molar-refractivity contribution < 1.29 is 14.2 Å². The molecule has 1 aromatic rings. The van der Waals surface area contributed by atoms with Crippen molar-refractivity contribution in [3.05, 3.63) is 35.9 Å². The number of hydrogen-bond acceptors (Lipinski definition) is 3. The van der Waals surface area contributed by atoms with E-state index in [1.54, 1.807) is 14.2 Å². The van der Waals surface area contributed by atoms with Crippen LogP contribution in [0.4, 0.5) is 0 Å². The van der Waals surface area contributed by atoms with Crippen molar-refractivity contribution in [3.8, 4) is 11.5 Å². The second kappa shape index (κ2) is 4.80. The molecule has 0 unspecified atom stereocenters. The molecule has 0 bridgehead atoms. The molecule has 0 aromatic heterocycles. The normalized spacial score (nSPS) is 23.8. The Kier molecular flexibility index (Phi) is 3.38. The topological polar surface area (TPSA) is 27.7 Å². The zero-order valence-corrected chi connectivity index (χ0v) is 10.5. The highest BCUT2D eigenvalue weighted by Crippen LogP contribution is 2.39. The molecular formula is C14H18O3. The van der Waals surface area contributed by atoms with Gasteiger partial charge in [-0.3, -0.25) is 0 Å². The predicted molar refractivity (Wildman–Crippen MR) is 66.5 cm³/mol. The van der Waals surface area contributed by atoms with Gasteiger partial charge in [0.1, 0.15) is 0 Å². The van der Waals surface area contributed by atoms with Gasteiger partial charge in [0.25, 0.3) is 0 Å². The number of rotatable bonds is 3. The Morgan fingerprint density at radius 2 is 1.94 bits per heavy atom. The van der Waals surface area contributed by atoms with Crippen molar-refractivity contribution >= 4 is 0 Å². The maximum absolute atomic E-state index is 5.74. The van der Waals surface area contributed by atoms with Gasteiger partial charge in [0.2, 0.25) is 0 Å². The first-order chi connectivity index (χ1) is 8.17. The lowest BCUT2D eigenvalue weighted by Gasteiger charge is -2.17. The first kappa shape index (κ1) is 12.0. The van der Waals surface area contributed by atoms with Crippen molar-refractivity contribution in [2.75, 3.05) is 20.8 Å². The van der Waals surface area contributed by atoms with Gasteiger partial charge in [-0.1, -0.05) is 19.6 Å². The monoisotopic (exact) mass is 234 g/mol. The molecule has 92 valence electrons. The highest BCUT2D eigenvalue weighted by molar-refractivity contribution is 5.44. The van der Waals surface area contributed by atoms with Crippen LogP contribution in [0.1, 0.15) is 18.6 Å². The molecule has 3 heteroatoms. The van der Waals surface area contributed by atoms with Crippen LogP contribution in [0.25, 0.3) is 0 Å². The molecule has 1 fully saturated rings. The molecule has 1 saturated heterocycles. The highest BCUT2D eigenvalue weighted by atomic mass is 16.5. The second-order valence-electron chi connectivity index (χ2n) is 4.29. The van der Waals surface area contributed by atoms with Crippen LogP contribution >= 0.6 is 0 Å². The van der Waals surface area contributed by atoms with Gasteiger partial charge >= 0.3 is 0 Å². The Bertz CT molecular complexity index is 425. The summed E-state index contributed by atoms with van der Waals surface area (Å²) in [6, 6.07) is 5.89. The molecule has 0 saturated carbocycles. The van der Waals surface area contributed by atoms with Gasteiger partial charge < -0.3 is 14.2 Å². The zero-order chi connectivity index (χ0) is 12.4. The van der Waals surface area contributed by atoms with Crippen LogP contribution in [0.15, 0.2) is 30.4 Å². The van der Waals surface area contributed by atoms with Gasteiger partial charge in [-0.25, -0.2) is 0 Å². The van der Waals surface area contributed by atoms with Crippen molar-refractivity contribution in [3.63, 3.8) is 0 Å². The Balaban J connectivity index is 2.31. The van der Waals surface area contributed by atoms with Gasteiger partial charge in [0, 0.05) is 5.92 Å². The molecule has 1 aromatic carbocycles. The zero-order valence-electron chi connectivity index (χ0n) is 10.5. The van der Waals surface area contributed by atoms with Crippen molar-refractivity contribution in [2.24, 2.45) is 5.92 Å². The van der Waals surface area contributed by atoms with Gasteiger partial charge in [0.05, 0.1) is 26.9 Å². The van der Waals surface area contributed by atoms with Gasteiger partial charge in [-0.05, 0) is 23.3 Å². The molecule has 1 aliphatic rings. The van der Waals surface area contributed by atoms with Crippen LogP contribution in [0.2, 0.25) is 0 Å². The fourth-order valence-electron chi connectivity index (χ4n) is 2.10. The van der Waals surface area contributed by atoms with E-state index in [4.69, 9.17) is 14.2 Å². The lowest BCUT2D eigenvalue weighted by Crippen LogP contribution is -2.05. The van der Waals surface area contributed by atoms with E-state index in [1.807, 2.05) is 18.2 Å². The van der Waals surface area contributed by atoms with Gasteiger partial charge in [-0.2, -0.15) is 0 Å². The van der Waals surface area contributed by atoms with Crippen LogP contribution in [0, 0.1) is 5.92 Å². The first-order valence-electron chi connectivity index (χ1n) is 5.68. The minimum atomic E-state index is 0.0716. The summed E-state index contributed by atoms with van der Waals surface area (Å²) in [5.74, 6) is 1.81. The van der Waals surface area contributed by atoms with Gasteiger partial charge in [-0.15, -0.1) is 0 Å². The molecule has 0 N–H and O–H groups in total. The maximum atomic E-state index is 5.74. The molecular weight excluding hydrogens is 216 g/mol. The summed E-state index contributed by atoms with van der Waals surface area (Å²) in [7, 11) is 3.27. The van der Waals surface area contributed by atoms with Crippen LogP contribution in [0.3, 0.4) is 0 Å². The SMILES string of the molecule is C=C1CO[C@H](c2ccc(OC)c(OC)c2)[C@H]1C. The minimum Gasteiger partial charge on any atom is -0.493 e. The average Bonchev–Trinajstić information content (AvgIpc) is 2.69. The standard InChI is InChI=1S/C14H18O3/c1-9-8-17-14(10(9)2)11-5-6-12(15-3)13(7-11)16-4/h5-7,10,14H,1,8H2,2-4H3/t10-,14-/m0/s1. The Hall–Kier alpha value is -1.48. The number of benzene rings is 1. The van der Waals surface area contributed by atoms with E-state index in [0.717, 1.165) is 22.6 Å². The van der Waals surface area contributed by atoms with Crippen molar-refractivity contribution in [1.82, 2.24) is 0 Å². The first-order valence-corrected chi connectivity index (χ1v) is 5.68. The summed E-state index contributed by atoms with van der Waals surface area (Å²) in [4.78, 5) is 0. The van der Waals surface area contributed by atoms with E-state index in [2.05, 4.69) is 13.5 Å². The maximum Gasteiger partial charge on any atom is 0.161 e. The molecule has 1 aliphatic heterocycles. The summed E-state index contributed by atoms with van der Waals surface area (Å²) in [6.07, 6.45) is 0.0716. The number of ether oxygens (including phenoxy) is 3. The third-order valence-corrected chi connectivity index (χ3v) is 3.28. The van der Waals surface area contributed by atoms with Crippen LogP contribution in [-0.4, -0.2) is 20.8 Å². The van der Waals surface area contributed by atoms with E-state index < -0.39 is 0 Å². The van der Waals surface area contributed by atoms with E-state index in [1.165, 1.54) is 0 Å². The van der Waals surface area contributed by atoms with Crippen molar-refractivity contribution in [1.29, 1.82) is 0 Å². The van der Waals surface area contributed by atoms with Crippen LogP contribution in [0.5, 0.6) is 11.5 Å². The fraction of sp³-hybridized carbons (Fsp3) is 0.429. The van der Waals surface area contributed by atoms with E-state index in [-0.39, 0.29) is 6.10 Å². The Morgan fingerprint density at radius 1 is 1.24 bits per heavy atom. The lowest BCUT2D eigenvalue weighted by molar-refractivity contribution is 0.0948. The molecule has 2 rings (SSSR count). The summed E-state index contributed by atoms with van der Waals surface area (Å²) in [6.45, 7) is 6.78. The molecule has 0 radical (unpaired) electrons. The van der Waals surface area contributed by atoms with Crippen LogP contribution in [-0.2, 0) is 4.74 Å². The summed E-state index contributed by atoms with van der Waals surface area (Å²) >= 11 is 0. The van der Waals surface area contributed by atoms with E-state index >= 15 is 0 Å². The average molecular weight is 234 g/mol. The predicted octanol–water partition coefficient (Wildman–Crippen LogP) is 2.97. The second-order valence-corrected chi connectivity index (χ2v) is 4.29. The third kappa shape index (κ3) is 2.15. The summed E-state index contributed by atoms with van der Waals surface area (Å²) < 4.78 is 16.3. The minimum absolute atomic E-state index is 0.0716. The molecule has 0 aliphatic carbocycles. The van der Waals surface area contributed by atoms with Crippen molar-refractivity contribution in [2.45, 2.75) is 13.0 Å². The number of hydrogen-bond donors (Lipinski definition) is 0. The van der Waals surface area contributed by atoms with E-state index in [9.17, 15) is 0 Å². The number of methoxy groups -OCH3 is 2. The molecule has 3 nitrogen and oxygen atoms in total. The summed E-state index contributed by atoms with van der Waals surface area (Å²) in [5.41, 5.74) is 2.25. The quantitative estimate of drug-likeness (QED) is 0.752. The van der Waals surface area contributed by atoms with Gasteiger partial charge in [0.15, 0.2) is 11.5 Å². The Morgan fingerprint density at radius 3 is 2.47 bits per heavy atom. The smallest absolute Gasteiger partial charge is 0.161 e. The fourth-order valence-corrected chi connectivity index (χ4v) is 2.10. The molecule has 0 spiro atoms. The Labute approximate surface area is 102 Å². The molecule has 2 atom stereocenters. The molecule has 0 amide bonds. The lowest BCUT2D eigenvalue weighted by atomic mass is 9.94. The summed E-state index contributed by atoms with van der Waals surface area (Å²) in [5, 5.41) is 0.